The summed E-state index contributed by atoms with van der Waals surface area (Å²) >= 11 is 1.17. The number of thiazole rings is 1. The third-order valence-electron chi connectivity index (χ3n) is 1.08. The quantitative estimate of drug-likeness (QED) is 0.675. The molecule has 1 N–H and O–H groups in total. The highest BCUT2D eigenvalue weighted by atomic mass is 32.1. The molecule has 1 rings (SSSR count). The lowest BCUT2D eigenvalue weighted by atomic mass is 10.6. The summed E-state index contributed by atoms with van der Waals surface area (Å²) in [5.41, 5.74) is 0. The van der Waals surface area contributed by atoms with Gasteiger partial charge in [-0.25, -0.2) is 0 Å². The number of aromatic nitrogens is 1. The summed E-state index contributed by atoms with van der Waals surface area (Å²) in [6.07, 6.45) is 0. The van der Waals surface area contributed by atoms with Crippen molar-refractivity contribution in [3.63, 3.8) is 0 Å². The van der Waals surface area contributed by atoms with E-state index in [4.69, 9.17) is 10.4 Å². The van der Waals surface area contributed by atoms with Crippen molar-refractivity contribution in [2.75, 3.05) is 19.0 Å². The average molecular weight is 169 g/mol. The molecule has 0 bridgehead atoms. The van der Waals surface area contributed by atoms with Crippen LogP contribution in [-0.4, -0.2) is 24.2 Å². The van der Waals surface area contributed by atoms with Crippen LogP contribution in [0.5, 0.6) is 5.88 Å². The average Bonchev–Trinajstić information content (AvgIpc) is 2.31. The van der Waals surface area contributed by atoms with E-state index in [1.807, 2.05) is 6.07 Å². The first-order chi connectivity index (χ1) is 5.15. The molecule has 5 heteroatoms. The number of anilines is 1. The summed E-state index contributed by atoms with van der Waals surface area (Å²) in [6, 6.07) is 1.85. The van der Waals surface area contributed by atoms with Gasteiger partial charge in [-0.2, -0.15) is 10.2 Å². The molecule has 0 unspecified atom stereocenters. The summed E-state index contributed by atoms with van der Waals surface area (Å²) in [6.45, 7) is 0. The Bertz CT molecular complexity index is 299. The van der Waals surface area contributed by atoms with Gasteiger partial charge in [-0.05, 0) is 0 Å². The predicted molar refractivity (Wildman–Crippen MR) is 42.8 cm³/mol. The normalized spacial score (nSPS) is 9.18. The zero-order valence-electron chi connectivity index (χ0n) is 6.20. The van der Waals surface area contributed by atoms with Gasteiger partial charge in [0.15, 0.2) is 10.0 Å². The van der Waals surface area contributed by atoms with Gasteiger partial charge in [0.05, 0.1) is 0 Å². The van der Waals surface area contributed by atoms with E-state index in [1.165, 1.54) is 11.3 Å². The first kappa shape index (κ1) is 7.82. The molecular formula is C6H7N3OS. The summed E-state index contributed by atoms with van der Waals surface area (Å²) in [7, 11) is 3.61. The van der Waals surface area contributed by atoms with Gasteiger partial charge in [0.1, 0.15) is 6.07 Å². The molecule has 0 aliphatic heterocycles. The molecule has 1 heterocycles. The van der Waals surface area contributed by atoms with Gasteiger partial charge >= 0.3 is 0 Å². The van der Waals surface area contributed by atoms with Crippen LogP contribution in [0.1, 0.15) is 4.88 Å². The van der Waals surface area contributed by atoms with E-state index in [0.717, 1.165) is 0 Å². The summed E-state index contributed by atoms with van der Waals surface area (Å²) in [5.74, 6) is -0.179. The lowest BCUT2D eigenvalue weighted by Gasteiger charge is -2.04. The molecule has 0 aromatic carbocycles. The second-order valence-electron chi connectivity index (χ2n) is 2.16. The third kappa shape index (κ3) is 1.41. The van der Waals surface area contributed by atoms with E-state index in [9.17, 15) is 0 Å². The van der Waals surface area contributed by atoms with E-state index >= 15 is 0 Å². The monoisotopic (exact) mass is 169 g/mol. The first-order valence-electron chi connectivity index (χ1n) is 2.92. The zero-order chi connectivity index (χ0) is 8.43. The van der Waals surface area contributed by atoms with Gasteiger partial charge in [0.25, 0.3) is 0 Å². The van der Waals surface area contributed by atoms with Crippen LogP contribution in [-0.2, 0) is 0 Å². The third-order valence-corrected chi connectivity index (χ3v) is 2.20. The summed E-state index contributed by atoms with van der Waals surface area (Å²) < 4.78 is 0. The van der Waals surface area contributed by atoms with E-state index in [2.05, 4.69) is 4.98 Å². The van der Waals surface area contributed by atoms with Crippen LogP contribution in [0.15, 0.2) is 0 Å². The fraction of sp³-hybridized carbons (Fsp3) is 0.333. The van der Waals surface area contributed by atoms with Gasteiger partial charge in [0, 0.05) is 14.1 Å². The van der Waals surface area contributed by atoms with E-state index < -0.39 is 0 Å². The topological polar surface area (TPSA) is 60.1 Å². The van der Waals surface area contributed by atoms with E-state index in [0.29, 0.717) is 5.13 Å². The highest BCUT2D eigenvalue weighted by Crippen LogP contribution is 2.28. The molecule has 1 aromatic heterocycles. The highest BCUT2D eigenvalue weighted by Gasteiger charge is 2.09. The van der Waals surface area contributed by atoms with Crippen LogP contribution in [0.2, 0.25) is 0 Å². The Kier molecular flexibility index (Phi) is 1.96. The standard InChI is InChI=1S/C6H7N3OS/c1-9(2)6-8-5(10)4(3-7)11-6/h10H,1-2H3. The SMILES string of the molecule is CN(C)c1nc(O)c(C#N)s1. The smallest absolute Gasteiger partial charge is 0.242 e. The molecule has 0 saturated heterocycles. The molecule has 0 fully saturated rings. The van der Waals surface area contributed by atoms with Gasteiger partial charge in [0.2, 0.25) is 5.88 Å². The Labute approximate surface area is 68.3 Å². The van der Waals surface area contributed by atoms with Crippen LogP contribution in [0.3, 0.4) is 0 Å². The molecule has 0 radical (unpaired) electrons. The zero-order valence-corrected chi connectivity index (χ0v) is 7.01. The molecule has 0 aliphatic rings. The Hall–Kier alpha value is -1.28. The van der Waals surface area contributed by atoms with Gasteiger partial charge in [-0.1, -0.05) is 11.3 Å². The van der Waals surface area contributed by atoms with Crippen LogP contribution in [0.4, 0.5) is 5.13 Å². The molecule has 0 atom stereocenters. The number of aromatic hydroxyl groups is 1. The minimum atomic E-state index is -0.179. The second-order valence-corrected chi connectivity index (χ2v) is 3.13. The molecule has 0 saturated carbocycles. The number of nitrogens with zero attached hydrogens (tertiary/aromatic N) is 3. The van der Waals surface area contributed by atoms with Crippen molar-refractivity contribution in [1.29, 1.82) is 5.26 Å². The summed E-state index contributed by atoms with van der Waals surface area (Å²) in [4.78, 5) is 5.76. The Balaban J connectivity index is 3.07. The molecular weight excluding hydrogens is 162 g/mol. The van der Waals surface area contributed by atoms with Gasteiger partial charge < -0.3 is 10.0 Å². The van der Waals surface area contributed by atoms with Crippen LogP contribution >= 0.6 is 11.3 Å². The lowest BCUT2D eigenvalue weighted by Crippen LogP contribution is -2.07. The largest absolute Gasteiger partial charge is 0.492 e. The maximum absolute atomic E-state index is 9.03. The summed E-state index contributed by atoms with van der Waals surface area (Å²) in [5, 5.41) is 18.1. The molecule has 0 amide bonds. The van der Waals surface area contributed by atoms with Crippen LogP contribution in [0, 0.1) is 11.3 Å². The fourth-order valence-corrected chi connectivity index (χ4v) is 1.25. The second kappa shape index (κ2) is 2.76. The number of hydrogen-bond acceptors (Lipinski definition) is 5. The molecule has 4 nitrogen and oxygen atoms in total. The van der Waals surface area contributed by atoms with Gasteiger partial charge in [-0.15, -0.1) is 0 Å². The predicted octanol–water partition coefficient (Wildman–Crippen LogP) is 0.786. The molecule has 0 aliphatic carbocycles. The molecule has 1 aromatic rings. The van der Waals surface area contributed by atoms with Crippen molar-refractivity contribution in [2.24, 2.45) is 0 Å². The van der Waals surface area contributed by atoms with Crippen molar-refractivity contribution in [1.82, 2.24) is 4.98 Å². The maximum atomic E-state index is 9.03. The highest BCUT2D eigenvalue weighted by molar-refractivity contribution is 7.16. The lowest BCUT2D eigenvalue weighted by molar-refractivity contribution is 0.456. The Morgan fingerprint density at radius 2 is 2.27 bits per heavy atom. The number of rotatable bonds is 1. The van der Waals surface area contributed by atoms with Crippen LogP contribution in [0.25, 0.3) is 0 Å². The van der Waals surface area contributed by atoms with E-state index in [1.54, 1.807) is 19.0 Å². The van der Waals surface area contributed by atoms with Crippen molar-refractivity contribution < 1.29 is 5.11 Å². The van der Waals surface area contributed by atoms with Crippen molar-refractivity contribution in [3.05, 3.63) is 4.88 Å². The molecule has 58 valence electrons. The van der Waals surface area contributed by atoms with Gasteiger partial charge in [-0.3, -0.25) is 0 Å². The first-order valence-corrected chi connectivity index (χ1v) is 3.74. The Morgan fingerprint density at radius 3 is 2.55 bits per heavy atom. The van der Waals surface area contributed by atoms with Crippen molar-refractivity contribution in [2.45, 2.75) is 0 Å². The Morgan fingerprint density at radius 1 is 1.64 bits per heavy atom. The maximum Gasteiger partial charge on any atom is 0.242 e. The minimum Gasteiger partial charge on any atom is -0.492 e. The van der Waals surface area contributed by atoms with Crippen molar-refractivity contribution in [3.8, 4) is 11.9 Å². The van der Waals surface area contributed by atoms with Crippen LogP contribution < -0.4 is 4.90 Å². The van der Waals surface area contributed by atoms with E-state index in [-0.39, 0.29) is 10.8 Å². The van der Waals surface area contributed by atoms with Crippen molar-refractivity contribution >= 4 is 16.5 Å². The number of hydrogen-bond donors (Lipinski definition) is 1. The molecule has 11 heavy (non-hydrogen) atoms. The molecule has 0 spiro atoms. The number of nitriles is 1. The minimum absolute atomic E-state index is 0.179. The fourth-order valence-electron chi connectivity index (χ4n) is 0.565.